The fourth-order valence-corrected chi connectivity index (χ4v) is 2.53. The predicted molar refractivity (Wildman–Crippen MR) is 81.1 cm³/mol. The minimum Gasteiger partial charge on any atom is -0.324 e. The number of hydrazine groups is 1. The van der Waals surface area contributed by atoms with Crippen LogP contribution in [0.1, 0.15) is 29.4 Å². The van der Waals surface area contributed by atoms with Crippen LogP contribution >= 0.6 is 0 Å². The van der Waals surface area contributed by atoms with Crippen molar-refractivity contribution in [2.24, 2.45) is 5.84 Å². The summed E-state index contributed by atoms with van der Waals surface area (Å²) in [6, 6.07) is 4.56. The van der Waals surface area contributed by atoms with Crippen LogP contribution in [0.4, 0.5) is 11.4 Å². The second-order valence-electron chi connectivity index (χ2n) is 4.90. The van der Waals surface area contributed by atoms with Gasteiger partial charge in [0.25, 0.3) is 5.69 Å². The number of benzene rings is 1. The summed E-state index contributed by atoms with van der Waals surface area (Å²) in [7, 11) is 0. The van der Waals surface area contributed by atoms with Gasteiger partial charge in [0.2, 0.25) is 0 Å². The van der Waals surface area contributed by atoms with Crippen LogP contribution in [0.25, 0.3) is 0 Å². The van der Waals surface area contributed by atoms with Crippen LogP contribution in [-0.2, 0) is 13.0 Å². The van der Waals surface area contributed by atoms with E-state index in [9.17, 15) is 10.1 Å². The van der Waals surface area contributed by atoms with Gasteiger partial charge in [0.1, 0.15) is 0 Å². The van der Waals surface area contributed by atoms with Crippen LogP contribution in [0, 0.1) is 24.0 Å². The molecule has 112 valence electrons. The third kappa shape index (κ3) is 2.87. The normalized spacial score (nSPS) is 10.7. The number of nitro groups is 1. The lowest BCUT2D eigenvalue weighted by molar-refractivity contribution is -0.384. The third-order valence-corrected chi connectivity index (χ3v) is 3.66. The summed E-state index contributed by atoms with van der Waals surface area (Å²) in [5, 5.41) is 15.4. The topological polar surface area (TPSA) is 99.0 Å². The molecule has 0 fully saturated rings. The molecule has 0 bridgehead atoms. The van der Waals surface area contributed by atoms with Gasteiger partial charge in [-0.1, -0.05) is 6.92 Å². The highest BCUT2D eigenvalue weighted by molar-refractivity contribution is 5.55. The number of aromatic nitrogens is 2. The van der Waals surface area contributed by atoms with E-state index < -0.39 is 4.92 Å². The highest BCUT2D eigenvalue weighted by Crippen LogP contribution is 2.23. The van der Waals surface area contributed by atoms with Crippen molar-refractivity contribution in [3.05, 3.63) is 50.8 Å². The summed E-state index contributed by atoms with van der Waals surface area (Å²) >= 11 is 0. The Morgan fingerprint density at radius 2 is 2.14 bits per heavy atom. The van der Waals surface area contributed by atoms with E-state index in [1.54, 1.807) is 6.07 Å². The van der Waals surface area contributed by atoms with Gasteiger partial charge in [-0.2, -0.15) is 5.10 Å². The maximum Gasteiger partial charge on any atom is 0.269 e. The molecular weight excluding hydrogens is 270 g/mol. The van der Waals surface area contributed by atoms with Crippen molar-refractivity contribution in [3.8, 4) is 0 Å². The van der Waals surface area contributed by atoms with Crippen molar-refractivity contribution in [2.75, 3.05) is 5.43 Å². The Morgan fingerprint density at radius 3 is 2.67 bits per heavy atom. The number of anilines is 1. The molecule has 0 amide bonds. The molecule has 0 radical (unpaired) electrons. The van der Waals surface area contributed by atoms with Gasteiger partial charge in [0.05, 0.1) is 22.8 Å². The molecule has 7 heteroatoms. The van der Waals surface area contributed by atoms with E-state index in [1.165, 1.54) is 17.7 Å². The SMILES string of the molecule is CCc1c(C)nn(Cc2cc([N+](=O)[O-])ccc2NN)c1C. The zero-order chi connectivity index (χ0) is 15.6. The van der Waals surface area contributed by atoms with Crippen LogP contribution in [-0.4, -0.2) is 14.7 Å². The predicted octanol–water partition coefficient (Wildman–Crippen LogP) is 2.30. The summed E-state index contributed by atoms with van der Waals surface area (Å²) < 4.78 is 1.86. The number of nitrogens with zero attached hydrogens (tertiary/aromatic N) is 3. The Bertz CT molecular complexity index is 678. The molecule has 1 heterocycles. The first kappa shape index (κ1) is 15.0. The molecule has 2 rings (SSSR count). The number of hydrogen-bond donors (Lipinski definition) is 2. The van der Waals surface area contributed by atoms with E-state index in [4.69, 9.17) is 5.84 Å². The second-order valence-corrected chi connectivity index (χ2v) is 4.90. The first-order valence-corrected chi connectivity index (χ1v) is 6.74. The first-order chi connectivity index (χ1) is 9.97. The van der Waals surface area contributed by atoms with Crippen molar-refractivity contribution in [1.29, 1.82) is 0 Å². The van der Waals surface area contributed by atoms with Crippen LogP contribution in [0.5, 0.6) is 0 Å². The Kier molecular flexibility index (Phi) is 4.23. The molecule has 0 saturated heterocycles. The molecule has 1 aromatic heterocycles. The van der Waals surface area contributed by atoms with Gasteiger partial charge in [-0.05, 0) is 31.9 Å². The molecule has 0 atom stereocenters. The van der Waals surface area contributed by atoms with Gasteiger partial charge >= 0.3 is 0 Å². The van der Waals surface area contributed by atoms with Gasteiger partial charge in [0, 0.05) is 23.4 Å². The Morgan fingerprint density at radius 1 is 1.43 bits per heavy atom. The lowest BCUT2D eigenvalue weighted by Crippen LogP contribution is -2.12. The van der Waals surface area contributed by atoms with Crippen LogP contribution in [0.15, 0.2) is 18.2 Å². The van der Waals surface area contributed by atoms with Crippen LogP contribution < -0.4 is 11.3 Å². The maximum absolute atomic E-state index is 10.9. The first-order valence-electron chi connectivity index (χ1n) is 6.74. The molecule has 2 aromatic rings. The average Bonchev–Trinajstić information content (AvgIpc) is 2.72. The summed E-state index contributed by atoms with van der Waals surface area (Å²) in [5.41, 5.74) is 7.28. The second kappa shape index (κ2) is 5.92. The Balaban J connectivity index is 2.43. The molecule has 7 nitrogen and oxygen atoms in total. The molecule has 0 aliphatic rings. The summed E-state index contributed by atoms with van der Waals surface area (Å²) in [5.74, 6) is 5.48. The van der Waals surface area contributed by atoms with Crippen molar-refractivity contribution in [3.63, 3.8) is 0 Å². The van der Waals surface area contributed by atoms with Gasteiger partial charge in [-0.15, -0.1) is 0 Å². The van der Waals surface area contributed by atoms with Gasteiger partial charge in [0.15, 0.2) is 0 Å². The molecule has 0 unspecified atom stereocenters. The number of nitrogens with one attached hydrogen (secondary N) is 1. The van der Waals surface area contributed by atoms with Gasteiger partial charge < -0.3 is 5.43 Å². The highest BCUT2D eigenvalue weighted by atomic mass is 16.6. The molecular formula is C14H19N5O2. The number of nitrogens with two attached hydrogens (primary N) is 1. The number of rotatable bonds is 5. The minimum atomic E-state index is -0.414. The smallest absolute Gasteiger partial charge is 0.269 e. The molecule has 0 saturated carbocycles. The van der Waals surface area contributed by atoms with E-state index in [-0.39, 0.29) is 5.69 Å². The van der Waals surface area contributed by atoms with Gasteiger partial charge in [-0.3, -0.25) is 20.6 Å². The monoisotopic (exact) mass is 289 g/mol. The summed E-state index contributed by atoms with van der Waals surface area (Å²) in [6.45, 7) is 6.50. The quantitative estimate of drug-likeness (QED) is 0.500. The molecule has 21 heavy (non-hydrogen) atoms. The number of aryl methyl sites for hydroxylation is 1. The summed E-state index contributed by atoms with van der Waals surface area (Å²) in [4.78, 5) is 10.5. The zero-order valence-electron chi connectivity index (χ0n) is 12.4. The molecule has 0 spiro atoms. The Labute approximate surface area is 122 Å². The van der Waals surface area contributed by atoms with E-state index in [1.807, 2.05) is 18.5 Å². The van der Waals surface area contributed by atoms with Crippen molar-refractivity contribution < 1.29 is 4.92 Å². The van der Waals surface area contributed by atoms with Crippen LogP contribution in [0.2, 0.25) is 0 Å². The van der Waals surface area contributed by atoms with E-state index >= 15 is 0 Å². The fourth-order valence-electron chi connectivity index (χ4n) is 2.53. The summed E-state index contributed by atoms with van der Waals surface area (Å²) in [6.07, 6.45) is 0.911. The molecule has 0 aliphatic carbocycles. The largest absolute Gasteiger partial charge is 0.324 e. The lowest BCUT2D eigenvalue weighted by Gasteiger charge is -2.10. The lowest BCUT2D eigenvalue weighted by atomic mass is 10.1. The minimum absolute atomic E-state index is 0.0428. The molecule has 3 N–H and O–H groups in total. The van der Waals surface area contributed by atoms with Crippen molar-refractivity contribution in [2.45, 2.75) is 33.7 Å². The molecule has 1 aromatic carbocycles. The molecule has 0 aliphatic heterocycles. The van der Waals surface area contributed by atoms with E-state index in [0.717, 1.165) is 23.4 Å². The van der Waals surface area contributed by atoms with E-state index in [2.05, 4.69) is 17.4 Å². The third-order valence-electron chi connectivity index (χ3n) is 3.66. The van der Waals surface area contributed by atoms with Crippen molar-refractivity contribution >= 4 is 11.4 Å². The number of hydrogen-bond acceptors (Lipinski definition) is 5. The van der Waals surface area contributed by atoms with Gasteiger partial charge in [-0.25, -0.2) is 0 Å². The number of nitrogen functional groups attached to an aromatic ring is 1. The zero-order valence-corrected chi connectivity index (χ0v) is 12.4. The average molecular weight is 289 g/mol. The van der Waals surface area contributed by atoms with Crippen LogP contribution in [0.3, 0.4) is 0 Å². The standard InChI is InChI=1S/C14H19N5O2/c1-4-13-9(2)17-18(10(13)3)8-11-7-12(19(20)21)5-6-14(11)16-15/h5-7,16H,4,8,15H2,1-3H3. The highest BCUT2D eigenvalue weighted by Gasteiger charge is 2.14. The maximum atomic E-state index is 10.9. The Hall–Kier alpha value is -2.41. The number of non-ortho nitro benzene ring substituents is 1. The fraction of sp³-hybridized carbons (Fsp3) is 0.357. The van der Waals surface area contributed by atoms with Crippen molar-refractivity contribution in [1.82, 2.24) is 9.78 Å². The number of nitro benzene ring substituents is 1. The van der Waals surface area contributed by atoms with E-state index in [0.29, 0.717) is 12.2 Å².